The van der Waals surface area contributed by atoms with Crippen molar-refractivity contribution in [1.29, 1.82) is 0 Å². The number of nitrogens with two attached hydrogens (primary N) is 1. The van der Waals surface area contributed by atoms with E-state index in [-0.39, 0.29) is 17.3 Å². The topological polar surface area (TPSA) is 144 Å². The van der Waals surface area contributed by atoms with Gasteiger partial charge in [-0.15, -0.1) is 5.10 Å². The molecule has 0 saturated carbocycles. The molecule has 0 radical (unpaired) electrons. The molecular weight excluding hydrogens is 448 g/mol. The molecule has 12 heteroatoms. The molecule has 1 aliphatic rings. The number of hydrogen-bond acceptors (Lipinski definition) is 10. The third-order valence-corrected chi connectivity index (χ3v) is 6.37. The van der Waals surface area contributed by atoms with Crippen molar-refractivity contribution in [3.05, 3.63) is 41.2 Å². The number of rotatable bonds is 9. The van der Waals surface area contributed by atoms with Crippen molar-refractivity contribution in [1.82, 2.24) is 35.6 Å². The van der Waals surface area contributed by atoms with E-state index in [1.807, 2.05) is 24.3 Å². The van der Waals surface area contributed by atoms with Crippen LogP contribution in [-0.2, 0) is 6.54 Å². The SMILES string of the molecule is CCN(CC)c1ccc(/C=N/NC(=O)c2nnn(-c3nonc3N)c2CN2CCCC[C@@H]2C)cc1. The third kappa shape index (κ3) is 5.48. The second-order valence-electron chi connectivity index (χ2n) is 8.55. The van der Waals surface area contributed by atoms with Gasteiger partial charge in [0, 0.05) is 31.4 Å². The Morgan fingerprint density at radius 1 is 1.26 bits per heavy atom. The number of carbonyl (C=O) groups excluding carboxylic acids is 1. The van der Waals surface area contributed by atoms with Crippen molar-refractivity contribution in [2.45, 2.75) is 52.6 Å². The summed E-state index contributed by atoms with van der Waals surface area (Å²) in [6, 6.07) is 8.37. The Morgan fingerprint density at radius 2 is 2.03 bits per heavy atom. The lowest BCUT2D eigenvalue weighted by molar-refractivity contribution is 0.0945. The largest absolute Gasteiger partial charge is 0.378 e. The van der Waals surface area contributed by atoms with Crippen LogP contribution in [0.5, 0.6) is 0 Å². The van der Waals surface area contributed by atoms with Crippen LogP contribution in [0.2, 0.25) is 0 Å². The van der Waals surface area contributed by atoms with Crippen LogP contribution in [0.3, 0.4) is 0 Å². The lowest BCUT2D eigenvalue weighted by Gasteiger charge is -2.33. The fraction of sp³-hybridized carbons (Fsp3) is 0.478. The molecule has 1 fully saturated rings. The number of nitrogens with zero attached hydrogens (tertiary/aromatic N) is 8. The van der Waals surface area contributed by atoms with E-state index in [9.17, 15) is 4.79 Å². The molecule has 1 saturated heterocycles. The number of hydrogen-bond donors (Lipinski definition) is 2. The second kappa shape index (κ2) is 11.1. The zero-order valence-electron chi connectivity index (χ0n) is 20.4. The highest BCUT2D eigenvalue weighted by Gasteiger charge is 2.28. The number of hydrazone groups is 1. The average Bonchev–Trinajstić information content (AvgIpc) is 3.48. The molecule has 35 heavy (non-hydrogen) atoms. The van der Waals surface area contributed by atoms with Crippen LogP contribution in [0.25, 0.3) is 5.82 Å². The Kier molecular flexibility index (Phi) is 7.70. The molecule has 1 amide bonds. The lowest BCUT2D eigenvalue weighted by atomic mass is 10.0. The Balaban J connectivity index is 1.52. The van der Waals surface area contributed by atoms with Crippen LogP contribution in [0, 0.1) is 0 Å². The van der Waals surface area contributed by atoms with E-state index in [0.717, 1.165) is 43.7 Å². The molecule has 12 nitrogen and oxygen atoms in total. The highest BCUT2D eigenvalue weighted by atomic mass is 16.6. The number of nitrogens with one attached hydrogen (secondary N) is 1. The van der Waals surface area contributed by atoms with Gasteiger partial charge in [0.05, 0.1) is 11.9 Å². The van der Waals surface area contributed by atoms with Gasteiger partial charge in [0.15, 0.2) is 5.69 Å². The summed E-state index contributed by atoms with van der Waals surface area (Å²) in [5.74, 6) is -0.198. The average molecular weight is 481 g/mol. The van der Waals surface area contributed by atoms with E-state index in [1.54, 1.807) is 6.21 Å². The number of nitrogen functional groups attached to an aromatic ring is 1. The molecule has 2 aromatic heterocycles. The Hall–Kier alpha value is -3.80. The van der Waals surface area contributed by atoms with E-state index in [2.05, 4.69) is 61.7 Å². The Morgan fingerprint density at radius 3 is 2.69 bits per heavy atom. The Bertz CT molecular complexity index is 1150. The van der Waals surface area contributed by atoms with E-state index in [0.29, 0.717) is 18.3 Å². The van der Waals surface area contributed by atoms with Gasteiger partial charge in [-0.3, -0.25) is 9.69 Å². The van der Waals surface area contributed by atoms with E-state index < -0.39 is 5.91 Å². The smallest absolute Gasteiger partial charge is 0.293 e. The third-order valence-electron chi connectivity index (χ3n) is 6.37. The number of benzene rings is 1. The van der Waals surface area contributed by atoms with Gasteiger partial charge in [0.1, 0.15) is 0 Å². The van der Waals surface area contributed by atoms with E-state index in [4.69, 9.17) is 10.4 Å². The van der Waals surface area contributed by atoms with Crippen molar-refractivity contribution in [2.24, 2.45) is 5.10 Å². The van der Waals surface area contributed by atoms with Gasteiger partial charge in [-0.2, -0.15) is 9.78 Å². The summed E-state index contributed by atoms with van der Waals surface area (Å²) in [6.45, 7) is 9.68. The van der Waals surface area contributed by atoms with Crippen molar-refractivity contribution in [3.8, 4) is 5.82 Å². The highest BCUT2D eigenvalue weighted by molar-refractivity contribution is 5.94. The van der Waals surface area contributed by atoms with Gasteiger partial charge in [0.25, 0.3) is 5.91 Å². The summed E-state index contributed by atoms with van der Waals surface area (Å²) in [4.78, 5) is 17.6. The van der Waals surface area contributed by atoms with Gasteiger partial charge in [0.2, 0.25) is 11.6 Å². The fourth-order valence-electron chi connectivity index (χ4n) is 4.29. The van der Waals surface area contributed by atoms with Crippen LogP contribution in [-0.4, -0.2) is 68.0 Å². The van der Waals surface area contributed by atoms with E-state index >= 15 is 0 Å². The Labute approximate surface area is 204 Å². The van der Waals surface area contributed by atoms with Crippen LogP contribution in [0.15, 0.2) is 34.0 Å². The number of anilines is 2. The maximum Gasteiger partial charge on any atom is 0.293 e. The van der Waals surface area contributed by atoms with Crippen molar-refractivity contribution in [2.75, 3.05) is 30.3 Å². The number of piperidine rings is 1. The van der Waals surface area contributed by atoms with Gasteiger partial charge in [-0.05, 0) is 68.2 Å². The number of aromatic nitrogens is 5. The summed E-state index contributed by atoms with van der Waals surface area (Å²) in [7, 11) is 0. The van der Waals surface area contributed by atoms with Crippen molar-refractivity contribution < 1.29 is 9.42 Å². The molecule has 3 aromatic rings. The summed E-state index contributed by atoms with van der Waals surface area (Å²) in [5.41, 5.74) is 11.2. The molecule has 1 atom stereocenters. The van der Waals surface area contributed by atoms with Crippen LogP contribution >= 0.6 is 0 Å². The molecule has 0 aliphatic carbocycles. The summed E-state index contributed by atoms with van der Waals surface area (Å²) < 4.78 is 6.15. The molecule has 0 spiro atoms. The summed E-state index contributed by atoms with van der Waals surface area (Å²) >= 11 is 0. The van der Waals surface area contributed by atoms with Crippen molar-refractivity contribution >= 4 is 23.6 Å². The molecular formula is C23H32N10O2. The van der Waals surface area contributed by atoms with Crippen molar-refractivity contribution in [3.63, 3.8) is 0 Å². The van der Waals surface area contributed by atoms with Gasteiger partial charge in [-0.25, -0.2) is 10.1 Å². The lowest BCUT2D eigenvalue weighted by Crippen LogP contribution is -2.38. The first-order valence-corrected chi connectivity index (χ1v) is 12.0. The predicted molar refractivity (Wildman–Crippen MR) is 132 cm³/mol. The van der Waals surface area contributed by atoms with Gasteiger partial charge < -0.3 is 10.6 Å². The zero-order chi connectivity index (χ0) is 24.8. The molecule has 1 aromatic carbocycles. The zero-order valence-corrected chi connectivity index (χ0v) is 20.4. The molecule has 0 bridgehead atoms. The molecule has 4 rings (SSSR count). The number of carbonyl (C=O) groups is 1. The van der Waals surface area contributed by atoms with Crippen LogP contribution in [0.4, 0.5) is 11.5 Å². The number of likely N-dealkylation sites (tertiary alicyclic amines) is 1. The molecule has 0 unspecified atom stereocenters. The van der Waals surface area contributed by atoms with Gasteiger partial charge in [-0.1, -0.05) is 23.8 Å². The highest BCUT2D eigenvalue weighted by Crippen LogP contribution is 2.23. The predicted octanol–water partition coefficient (Wildman–Crippen LogP) is 2.22. The monoisotopic (exact) mass is 480 g/mol. The summed E-state index contributed by atoms with van der Waals surface area (Å²) in [5, 5.41) is 19.8. The number of amides is 1. The first-order valence-electron chi connectivity index (χ1n) is 12.0. The van der Waals surface area contributed by atoms with Crippen LogP contribution < -0.4 is 16.1 Å². The second-order valence-corrected chi connectivity index (χ2v) is 8.55. The standard InChI is InChI=1S/C23H32N10O2/c1-4-31(5-2)18-11-9-17(10-12-18)14-25-27-23(34)20-19(15-32-13-7-6-8-16(32)3)33(30-26-20)22-21(24)28-35-29-22/h9-12,14,16H,4-8,13,15H2,1-3H3,(H2,24,28)(H,27,34)/b25-14+/t16-/m0/s1. The first-order chi connectivity index (χ1) is 17.0. The molecule has 3 heterocycles. The fourth-order valence-corrected chi connectivity index (χ4v) is 4.29. The van der Waals surface area contributed by atoms with Gasteiger partial charge >= 0.3 is 0 Å². The minimum atomic E-state index is -0.470. The molecule has 3 N–H and O–H groups in total. The van der Waals surface area contributed by atoms with Crippen LogP contribution in [0.1, 0.15) is 61.8 Å². The minimum absolute atomic E-state index is 0.0704. The van der Waals surface area contributed by atoms with E-state index in [1.165, 1.54) is 11.1 Å². The quantitative estimate of drug-likeness (QED) is 0.348. The maximum absolute atomic E-state index is 13.0. The molecule has 186 valence electrons. The normalized spacial score (nSPS) is 16.6. The summed E-state index contributed by atoms with van der Waals surface area (Å²) in [6.07, 6.45) is 4.97. The first kappa shape index (κ1) is 24.3. The maximum atomic E-state index is 13.0. The molecule has 1 aliphatic heterocycles. The minimum Gasteiger partial charge on any atom is -0.378 e.